The van der Waals surface area contributed by atoms with Gasteiger partial charge in [0, 0.05) is 22.1 Å². The summed E-state index contributed by atoms with van der Waals surface area (Å²) in [5.74, 6) is -1.23. The monoisotopic (exact) mass is 771 g/mol. The van der Waals surface area contributed by atoms with Crippen LogP contribution in [0.4, 0.5) is 9.52 Å². The van der Waals surface area contributed by atoms with Gasteiger partial charge in [0.05, 0.1) is 6.04 Å². The number of anilines is 1. The van der Waals surface area contributed by atoms with E-state index < -0.39 is 41.7 Å². The molecule has 0 aliphatic carbocycles. The molecule has 8 rings (SSSR count). The predicted molar refractivity (Wildman–Crippen MR) is 222 cm³/mol. The average Bonchev–Trinajstić information content (AvgIpc) is 3.75. The molecule has 1 aliphatic rings. The van der Waals surface area contributed by atoms with E-state index in [0.717, 1.165) is 33.4 Å². The van der Waals surface area contributed by atoms with Crippen LogP contribution in [0.3, 0.4) is 0 Å². The van der Waals surface area contributed by atoms with Gasteiger partial charge in [-0.2, -0.15) is 0 Å². The molecule has 10 heteroatoms. The van der Waals surface area contributed by atoms with E-state index in [9.17, 15) is 14.0 Å². The number of nitrogens with one attached hydrogen (secondary N) is 3. The van der Waals surface area contributed by atoms with Gasteiger partial charge in [0.1, 0.15) is 23.9 Å². The zero-order chi connectivity index (χ0) is 39.1. The lowest BCUT2D eigenvalue weighted by Crippen LogP contribution is -2.70. The first-order valence-electron chi connectivity index (χ1n) is 18.5. The Morgan fingerprint density at radius 3 is 1.46 bits per heavy atom. The van der Waals surface area contributed by atoms with Crippen LogP contribution in [0.25, 0.3) is 0 Å². The molecule has 0 saturated carbocycles. The van der Waals surface area contributed by atoms with Gasteiger partial charge in [-0.15, -0.1) is 11.3 Å². The van der Waals surface area contributed by atoms with Crippen molar-refractivity contribution < 1.29 is 18.8 Å². The smallest absolute Gasteiger partial charge is 0.276 e. The number of nitrogens with zero attached hydrogens (tertiary/aromatic N) is 2. The number of thiazole rings is 1. The molecule has 0 bridgehead atoms. The van der Waals surface area contributed by atoms with E-state index in [1.54, 1.807) is 5.38 Å². The Labute approximate surface area is 334 Å². The second-order valence-corrected chi connectivity index (χ2v) is 14.4. The molecule has 1 aliphatic heterocycles. The molecular weight excluding hydrogens is 734 g/mol. The quantitative estimate of drug-likeness (QED) is 0.0448. The largest absolute Gasteiger partial charge is 0.374 e. The summed E-state index contributed by atoms with van der Waals surface area (Å²) in [6.45, 7) is -0.843. The van der Waals surface area contributed by atoms with Gasteiger partial charge in [-0.1, -0.05) is 187 Å². The van der Waals surface area contributed by atoms with Crippen LogP contribution in [0.2, 0.25) is 0 Å². The minimum atomic E-state index is -1.31. The lowest BCUT2D eigenvalue weighted by atomic mass is 9.77. The highest BCUT2D eigenvalue weighted by Gasteiger charge is 2.43. The molecule has 1 saturated heterocycles. The standard InChI is InChI=1S/C47H38FN5O3S/c48-31-39-41(43(54)49-39)51-44(55)42(53-56-47(36-25-13-4-14-26-36,37-27-15-5-16-28-37)38-29-17-6-18-30-38)40-32-57-45(50-40)52-46(33-19-7-1-8-20-33,34-21-9-2-10-22-34)35-23-11-3-12-24-35/h1-30,32,39,41H,31H2,(H,49,54)(H,50,52)(H,51,55)/t39-,41+/m1/s1. The molecule has 57 heavy (non-hydrogen) atoms. The van der Waals surface area contributed by atoms with Gasteiger partial charge in [0.15, 0.2) is 10.8 Å². The van der Waals surface area contributed by atoms with E-state index in [-0.39, 0.29) is 11.4 Å². The van der Waals surface area contributed by atoms with E-state index in [2.05, 4.69) is 57.5 Å². The van der Waals surface area contributed by atoms with Crippen molar-refractivity contribution in [3.63, 3.8) is 0 Å². The van der Waals surface area contributed by atoms with Crippen molar-refractivity contribution in [2.45, 2.75) is 23.2 Å². The Bertz CT molecular complexity index is 2260. The summed E-state index contributed by atoms with van der Waals surface area (Å²) in [5, 5.41) is 15.8. The SMILES string of the molecule is O=C(N[C@@H]1C(=O)N[C@@H]1CF)C(=NOC(c1ccccc1)(c1ccccc1)c1ccccc1)c1csc(NC(c2ccccc2)(c2ccccc2)c2ccccc2)n1. The van der Waals surface area contributed by atoms with E-state index in [1.807, 2.05) is 146 Å². The Kier molecular flexibility index (Phi) is 10.7. The summed E-state index contributed by atoms with van der Waals surface area (Å²) in [6, 6.07) is 57.3. The summed E-state index contributed by atoms with van der Waals surface area (Å²) in [7, 11) is 0. The Morgan fingerprint density at radius 2 is 1.07 bits per heavy atom. The molecule has 0 spiro atoms. The van der Waals surface area contributed by atoms with Crippen molar-refractivity contribution in [1.82, 2.24) is 15.6 Å². The van der Waals surface area contributed by atoms with Gasteiger partial charge in [0.25, 0.3) is 5.91 Å². The zero-order valence-electron chi connectivity index (χ0n) is 30.7. The van der Waals surface area contributed by atoms with E-state index in [4.69, 9.17) is 9.82 Å². The highest BCUT2D eigenvalue weighted by atomic mass is 32.1. The molecule has 0 radical (unpaired) electrons. The number of amides is 2. The van der Waals surface area contributed by atoms with Crippen molar-refractivity contribution >= 4 is 34.0 Å². The first kappa shape index (κ1) is 37.0. The number of alkyl halides is 1. The van der Waals surface area contributed by atoms with Crippen LogP contribution in [0.15, 0.2) is 193 Å². The van der Waals surface area contributed by atoms with Crippen LogP contribution in [-0.4, -0.2) is 41.3 Å². The first-order valence-corrected chi connectivity index (χ1v) is 19.4. The maximum absolute atomic E-state index is 14.4. The summed E-state index contributed by atoms with van der Waals surface area (Å²) < 4.78 is 13.8. The number of carbonyl (C=O) groups excluding carboxylic acids is 2. The van der Waals surface area contributed by atoms with E-state index in [0.29, 0.717) is 5.13 Å². The molecule has 7 aromatic rings. The average molecular weight is 772 g/mol. The molecule has 282 valence electrons. The number of aromatic nitrogens is 1. The number of carbonyl (C=O) groups is 2. The maximum Gasteiger partial charge on any atom is 0.276 e. The van der Waals surface area contributed by atoms with Crippen LogP contribution < -0.4 is 16.0 Å². The van der Waals surface area contributed by atoms with Crippen LogP contribution in [0, 0.1) is 0 Å². The lowest BCUT2D eigenvalue weighted by molar-refractivity contribution is -0.135. The third kappa shape index (κ3) is 7.18. The lowest BCUT2D eigenvalue weighted by Gasteiger charge is -2.36. The molecule has 0 unspecified atom stereocenters. The van der Waals surface area contributed by atoms with Gasteiger partial charge in [-0.05, 0) is 16.7 Å². The highest BCUT2D eigenvalue weighted by molar-refractivity contribution is 7.14. The van der Waals surface area contributed by atoms with Crippen LogP contribution in [0.5, 0.6) is 0 Å². The highest BCUT2D eigenvalue weighted by Crippen LogP contribution is 2.42. The van der Waals surface area contributed by atoms with Gasteiger partial charge >= 0.3 is 0 Å². The summed E-state index contributed by atoms with van der Waals surface area (Å²) in [4.78, 5) is 38.6. The number of benzene rings is 6. The van der Waals surface area contributed by atoms with Crippen LogP contribution in [-0.2, 0) is 25.6 Å². The van der Waals surface area contributed by atoms with Gasteiger partial charge in [-0.25, -0.2) is 9.37 Å². The number of β-lactam (4-membered cyclic amide) rings is 1. The Balaban J connectivity index is 1.27. The summed E-state index contributed by atoms with van der Waals surface area (Å²) in [5.41, 5.74) is 3.02. The fraction of sp³-hybridized carbons (Fsp3) is 0.106. The normalized spacial score (nSPS) is 15.5. The minimum absolute atomic E-state index is 0.187. The van der Waals surface area contributed by atoms with Crippen LogP contribution >= 0.6 is 11.3 Å². The number of rotatable bonds is 14. The molecule has 2 heterocycles. The van der Waals surface area contributed by atoms with E-state index >= 15 is 0 Å². The van der Waals surface area contributed by atoms with Crippen molar-refractivity contribution in [2.24, 2.45) is 5.16 Å². The summed E-state index contributed by atoms with van der Waals surface area (Å²) >= 11 is 1.29. The van der Waals surface area contributed by atoms with Crippen molar-refractivity contribution in [3.8, 4) is 0 Å². The van der Waals surface area contributed by atoms with Crippen molar-refractivity contribution in [1.29, 1.82) is 0 Å². The molecule has 1 aromatic heterocycles. The summed E-state index contributed by atoms with van der Waals surface area (Å²) in [6.07, 6.45) is 0. The van der Waals surface area contributed by atoms with Gasteiger partial charge < -0.3 is 20.8 Å². The second-order valence-electron chi connectivity index (χ2n) is 13.5. The maximum atomic E-state index is 14.4. The Hall–Kier alpha value is -6.91. The molecule has 2 atom stereocenters. The first-order chi connectivity index (χ1) is 28.0. The minimum Gasteiger partial charge on any atom is -0.374 e. The number of halogens is 1. The predicted octanol–water partition coefficient (Wildman–Crippen LogP) is 8.21. The third-order valence-electron chi connectivity index (χ3n) is 10.2. The van der Waals surface area contributed by atoms with Gasteiger partial charge in [0.2, 0.25) is 11.5 Å². The van der Waals surface area contributed by atoms with E-state index in [1.165, 1.54) is 11.3 Å². The van der Waals surface area contributed by atoms with Crippen molar-refractivity contribution in [2.75, 3.05) is 12.0 Å². The zero-order valence-corrected chi connectivity index (χ0v) is 31.5. The molecule has 2 amide bonds. The number of hydrogen-bond donors (Lipinski definition) is 3. The van der Waals surface area contributed by atoms with Gasteiger partial charge in [-0.3, -0.25) is 9.59 Å². The van der Waals surface area contributed by atoms with Crippen LogP contribution in [0.1, 0.15) is 39.1 Å². The molecule has 8 nitrogen and oxygen atoms in total. The second kappa shape index (κ2) is 16.4. The Morgan fingerprint density at radius 1 is 0.667 bits per heavy atom. The molecular formula is C47H38FN5O3S. The van der Waals surface area contributed by atoms with Crippen molar-refractivity contribution in [3.05, 3.63) is 226 Å². The number of oxime groups is 1. The third-order valence-corrected chi connectivity index (χ3v) is 10.9. The number of hydrogen-bond acceptors (Lipinski definition) is 7. The fourth-order valence-electron chi connectivity index (χ4n) is 7.32. The topological polar surface area (TPSA) is 105 Å². The fourth-order valence-corrected chi connectivity index (χ4v) is 8.07. The molecule has 1 fully saturated rings. The molecule has 3 N–H and O–H groups in total. The molecule has 6 aromatic carbocycles.